The number of hydrogen-bond donors (Lipinski definition) is 1. The van der Waals surface area contributed by atoms with E-state index in [9.17, 15) is 0 Å². The van der Waals surface area contributed by atoms with Crippen LogP contribution in [0.15, 0.2) is 67.4 Å². The Morgan fingerprint density at radius 3 is 2.51 bits per heavy atom. The van der Waals surface area contributed by atoms with Gasteiger partial charge in [-0.05, 0) is 67.2 Å². The highest BCUT2D eigenvalue weighted by Gasteiger charge is 2.42. The van der Waals surface area contributed by atoms with Crippen LogP contribution < -0.4 is 5.32 Å². The fourth-order valence-electron chi connectivity index (χ4n) is 6.11. The van der Waals surface area contributed by atoms with Gasteiger partial charge in [0, 0.05) is 41.7 Å². The standard InChI is InChI=1S/C31H42N2.C2H6/c1-5-6-15-27-23-28(32-24(2)22-26-13-8-7-9-14-26)17-18-29(27)25(3)33-21-12-20-31(4)19-11-10-16-30(31)33;1-2/h7-9,13-14,17-18,23,30,32H,2-3,5-6,10-12,15-16,19-22H2,1,4H3;1-2H3. The lowest BCUT2D eigenvalue weighted by molar-refractivity contribution is 0.0292. The van der Waals surface area contributed by atoms with Gasteiger partial charge in [0.25, 0.3) is 0 Å². The molecule has 2 heteroatoms. The zero-order chi connectivity index (χ0) is 25.3. The second-order valence-corrected chi connectivity index (χ2v) is 10.5. The van der Waals surface area contributed by atoms with Crippen molar-refractivity contribution in [3.8, 4) is 0 Å². The van der Waals surface area contributed by atoms with Gasteiger partial charge in [0.1, 0.15) is 0 Å². The number of nitrogens with one attached hydrogen (secondary N) is 1. The third-order valence-electron chi connectivity index (χ3n) is 7.95. The van der Waals surface area contributed by atoms with Gasteiger partial charge in [0.2, 0.25) is 0 Å². The van der Waals surface area contributed by atoms with Gasteiger partial charge in [0.15, 0.2) is 0 Å². The summed E-state index contributed by atoms with van der Waals surface area (Å²) in [6, 6.07) is 18.1. The number of rotatable bonds is 9. The largest absolute Gasteiger partial charge is 0.368 e. The Labute approximate surface area is 215 Å². The number of benzene rings is 2. The molecule has 0 radical (unpaired) electrons. The highest BCUT2D eigenvalue weighted by Crippen LogP contribution is 2.47. The lowest BCUT2D eigenvalue weighted by Crippen LogP contribution is -2.51. The van der Waals surface area contributed by atoms with Crippen molar-refractivity contribution in [1.29, 1.82) is 0 Å². The minimum absolute atomic E-state index is 0.458. The van der Waals surface area contributed by atoms with Crippen LogP contribution in [0.5, 0.6) is 0 Å². The fraction of sp³-hybridized carbons (Fsp3) is 0.515. The van der Waals surface area contributed by atoms with Crippen LogP contribution in [0, 0.1) is 5.41 Å². The molecular weight excluding hydrogens is 424 g/mol. The zero-order valence-corrected chi connectivity index (χ0v) is 22.8. The maximum absolute atomic E-state index is 4.67. The van der Waals surface area contributed by atoms with Crippen LogP contribution in [0.2, 0.25) is 0 Å². The molecule has 190 valence electrons. The molecule has 35 heavy (non-hydrogen) atoms. The highest BCUT2D eigenvalue weighted by molar-refractivity contribution is 5.69. The molecule has 0 amide bonds. The SMILES string of the molecule is C=C(Cc1ccccc1)Nc1ccc(C(=C)N2CCCC3(C)CCCCC23)c(CCCC)c1.CC. The van der Waals surface area contributed by atoms with Crippen LogP contribution in [0.25, 0.3) is 5.70 Å². The van der Waals surface area contributed by atoms with E-state index in [1.54, 1.807) is 0 Å². The molecule has 2 aliphatic rings. The molecule has 2 aromatic rings. The lowest BCUT2D eigenvalue weighted by atomic mass is 9.66. The van der Waals surface area contributed by atoms with Gasteiger partial charge < -0.3 is 10.2 Å². The number of allylic oxidation sites excluding steroid dienone is 1. The van der Waals surface area contributed by atoms with Crippen molar-refractivity contribution >= 4 is 11.4 Å². The van der Waals surface area contributed by atoms with Crippen LogP contribution in [0.3, 0.4) is 0 Å². The third kappa shape index (κ3) is 6.81. The van der Waals surface area contributed by atoms with E-state index < -0.39 is 0 Å². The second kappa shape index (κ2) is 13.0. The molecule has 2 fully saturated rings. The van der Waals surface area contributed by atoms with Crippen LogP contribution in [0.4, 0.5) is 5.69 Å². The Hall–Kier alpha value is -2.48. The van der Waals surface area contributed by atoms with Gasteiger partial charge in [-0.25, -0.2) is 0 Å². The van der Waals surface area contributed by atoms with E-state index in [1.165, 1.54) is 73.8 Å². The summed E-state index contributed by atoms with van der Waals surface area (Å²) < 4.78 is 0. The Balaban J connectivity index is 0.00000167. The van der Waals surface area contributed by atoms with Crippen LogP contribution in [-0.4, -0.2) is 17.5 Å². The summed E-state index contributed by atoms with van der Waals surface area (Å²) >= 11 is 0. The molecular formula is C33H48N2. The second-order valence-electron chi connectivity index (χ2n) is 10.5. The summed E-state index contributed by atoms with van der Waals surface area (Å²) in [6.07, 6.45) is 12.4. The maximum Gasteiger partial charge on any atom is 0.0384 e. The molecule has 2 atom stereocenters. The summed E-state index contributed by atoms with van der Waals surface area (Å²) in [5.74, 6) is 0. The predicted octanol–water partition coefficient (Wildman–Crippen LogP) is 9.24. The minimum atomic E-state index is 0.458. The third-order valence-corrected chi connectivity index (χ3v) is 7.95. The number of aryl methyl sites for hydroxylation is 1. The maximum atomic E-state index is 4.67. The van der Waals surface area contributed by atoms with Crippen LogP contribution in [0.1, 0.15) is 95.8 Å². The minimum Gasteiger partial charge on any atom is -0.368 e. The Morgan fingerprint density at radius 1 is 1.03 bits per heavy atom. The lowest BCUT2D eigenvalue weighted by Gasteiger charge is -2.53. The molecule has 4 rings (SSSR count). The van der Waals surface area contributed by atoms with Crippen molar-refractivity contribution in [3.63, 3.8) is 0 Å². The number of nitrogens with zero attached hydrogens (tertiary/aromatic N) is 1. The van der Waals surface area contributed by atoms with Gasteiger partial charge in [-0.15, -0.1) is 0 Å². The molecule has 2 nitrogen and oxygen atoms in total. The number of fused-ring (bicyclic) bond motifs is 1. The van der Waals surface area contributed by atoms with Crippen LogP contribution in [-0.2, 0) is 12.8 Å². The first-order valence-electron chi connectivity index (χ1n) is 14.1. The average molecular weight is 473 g/mol. The number of likely N-dealkylation sites (tertiary alicyclic amines) is 1. The first-order chi connectivity index (χ1) is 17.0. The van der Waals surface area contributed by atoms with Gasteiger partial charge in [0.05, 0.1) is 0 Å². The van der Waals surface area contributed by atoms with Crippen molar-refractivity contribution in [3.05, 3.63) is 84.1 Å². The van der Waals surface area contributed by atoms with E-state index in [2.05, 4.69) is 85.8 Å². The van der Waals surface area contributed by atoms with Gasteiger partial charge in [-0.2, -0.15) is 0 Å². The topological polar surface area (TPSA) is 15.3 Å². The Kier molecular flexibility index (Phi) is 10.1. The van der Waals surface area contributed by atoms with Crippen LogP contribution >= 0.6 is 0 Å². The fourth-order valence-corrected chi connectivity index (χ4v) is 6.11. The predicted molar refractivity (Wildman–Crippen MR) is 155 cm³/mol. The first kappa shape index (κ1) is 27.1. The van der Waals surface area contributed by atoms with Gasteiger partial charge in [-0.1, -0.05) is 96.5 Å². The van der Waals surface area contributed by atoms with Crippen molar-refractivity contribution in [1.82, 2.24) is 4.90 Å². The summed E-state index contributed by atoms with van der Waals surface area (Å²) in [5.41, 5.74) is 7.92. The van der Waals surface area contributed by atoms with E-state index in [0.29, 0.717) is 11.5 Å². The number of hydrogen-bond acceptors (Lipinski definition) is 2. The molecule has 0 bridgehead atoms. The van der Waals surface area contributed by atoms with Crippen molar-refractivity contribution in [2.24, 2.45) is 5.41 Å². The van der Waals surface area contributed by atoms with Gasteiger partial charge >= 0.3 is 0 Å². The van der Waals surface area contributed by atoms with Crippen molar-refractivity contribution in [2.75, 3.05) is 11.9 Å². The molecule has 2 unspecified atom stereocenters. The Bertz CT molecular complexity index is 956. The van der Waals surface area contributed by atoms with E-state index in [4.69, 9.17) is 0 Å². The molecule has 1 N–H and O–H groups in total. The molecule has 1 saturated carbocycles. The Morgan fingerprint density at radius 2 is 1.77 bits per heavy atom. The van der Waals surface area contributed by atoms with Gasteiger partial charge in [-0.3, -0.25) is 0 Å². The number of unbranched alkanes of at least 4 members (excludes halogenated alkanes) is 1. The summed E-state index contributed by atoms with van der Waals surface area (Å²) in [4.78, 5) is 2.68. The quantitative estimate of drug-likeness (QED) is 0.391. The van der Waals surface area contributed by atoms with Crippen molar-refractivity contribution in [2.45, 2.75) is 97.9 Å². The monoisotopic (exact) mass is 472 g/mol. The van der Waals surface area contributed by atoms with E-state index in [0.717, 1.165) is 30.8 Å². The molecule has 2 aromatic carbocycles. The molecule has 1 aliphatic carbocycles. The normalized spacial score (nSPS) is 21.4. The molecule has 0 spiro atoms. The summed E-state index contributed by atoms with van der Waals surface area (Å²) in [6.45, 7) is 18.9. The first-order valence-corrected chi connectivity index (χ1v) is 14.1. The molecule has 1 heterocycles. The summed E-state index contributed by atoms with van der Waals surface area (Å²) in [7, 11) is 0. The van der Waals surface area contributed by atoms with Crippen molar-refractivity contribution < 1.29 is 0 Å². The highest BCUT2D eigenvalue weighted by atomic mass is 15.2. The molecule has 1 saturated heterocycles. The van der Waals surface area contributed by atoms with E-state index in [-0.39, 0.29) is 0 Å². The average Bonchev–Trinajstić information content (AvgIpc) is 2.88. The number of piperidine rings is 1. The summed E-state index contributed by atoms with van der Waals surface area (Å²) in [5, 5.41) is 3.57. The van der Waals surface area contributed by atoms with E-state index in [1.807, 2.05) is 13.8 Å². The smallest absolute Gasteiger partial charge is 0.0384 e. The zero-order valence-electron chi connectivity index (χ0n) is 22.8. The molecule has 1 aliphatic heterocycles. The van der Waals surface area contributed by atoms with E-state index >= 15 is 0 Å². The molecule has 0 aromatic heterocycles. The number of anilines is 1.